The van der Waals surface area contributed by atoms with Gasteiger partial charge in [0, 0.05) is 35.6 Å². The number of aromatic amines is 1. The number of benzene rings is 1. The Kier molecular flexibility index (Phi) is 8.35. The molecule has 10 nitrogen and oxygen atoms in total. The fourth-order valence-corrected chi connectivity index (χ4v) is 5.68. The molecule has 12 heteroatoms. The lowest BCUT2D eigenvalue weighted by molar-refractivity contribution is 0.0985. The molecule has 224 valence electrons. The summed E-state index contributed by atoms with van der Waals surface area (Å²) in [6.45, 7) is 1.76. The number of aliphatic hydroxyl groups is 1. The highest BCUT2D eigenvalue weighted by molar-refractivity contribution is 7.78. The number of hydrogen-bond acceptors (Lipinski definition) is 8. The van der Waals surface area contributed by atoms with E-state index in [2.05, 4.69) is 32.4 Å². The van der Waals surface area contributed by atoms with Gasteiger partial charge in [-0.3, -0.25) is 13.9 Å². The normalized spacial score (nSPS) is 17.3. The largest absolute Gasteiger partial charge is 0.773 e. The third-order valence-electron chi connectivity index (χ3n) is 7.84. The highest BCUT2D eigenvalue weighted by Crippen LogP contribution is 2.43. The lowest BCUT2D eigenvalue weighted by Crippen LogP contribution is -2.34. The number of ether oxygens (including phenoxy) is 1. The molecule has 1 amide bonds. The third kappa shape index (κ3) is 5.96. The smallest absolute Gasteiger partial charge is 0.266 e. The fourth-order valence-electron chi connectivity index (χ4n) is 5.68. The molecule has 4 aromatic rings. The Morgan fingerprint density at radius 2 is 1.95 bits per heavy atom. The van der Waals surface area contributed by atoms with Crippen LogP contribution in [-0.2, 0) is 17.7 Å². The summed E-state index contributed by atoms with van der Waals surface area (Å²) in [6.07, 6.45) is 9.57. The summed E-state index contributed by atoms with van der Waals surface area (Å²) < 4.78 is 39.1. The Morgan fingerprint density at radius 3 is 2.67 bits per heavy atom. The van der Waals surface area contributed by atoms with Gasteiger partial charge in [0.15, 0.2) is 0 Å². The van der Waals surface area contributed by atoms with Crippen molar-refractivity contribution >= 4 is 39.4 Å². The van der Waals surface area contributed by atoms with Crippen LogP contribution in [0.3, 0.4) is 0 Å². The summed E-state index contributed by atoms with van der Waals surface area (Å²) in [5.41, 5.74) is 5.86. The molecule has 0 spiro atoms. The van der Waals surface area contributed by atoms with E-state index in [0.29, 0.717) is 17.3 Å². The van der Waals surface area contributed by atoms with Crippen molar-refractivity contribution in [2.75, 3.05) is 37.4 Å². The van der Waals surface area contributed by atoms with E-state index < -0.39 is 22.8 Å². The van der Waals surface area contributed by atoms with Gasteiger partial charge in [-0.25, -0.2) is 14.4 Å². The molecule has 3 aromatic heterocycles. The molecule has 1 unspecified atom stereocenters. The average molecular weight is 605 g/mol. The van der Waals surface area contributed by atoms with Crippen LogP contribution in [0.2, 0.25) is 0 Å². The second-order valence-corrected chi connectivity index (χ2v) is 11.5. The Balaban J connectivity index is 0.000000777. The molecule has 0 saturated heterocycles. The zero-order valence-electron chi connectivity index (χ0n) is 23.6. The summed E-state index contributed by atoms with van der Waals surface area (Å²) >= 11 is -1.86. The number of fused-ring (bicyclic) bond motifs is 2. The van der Waals surface area contributed by atoms with Crippen LogP contribution < -0.4 is 15.0 Å². The molecular formula is C31H31FN5O5S-. The minimum atomic E-state index is -1.86. The van der Waals surface area contributed by atoms with Crippen LogP contribution in [0.1, 0.15) is 52.4 Å². The molecule has 1 saturated carbocycles. The van der Waals surface area contributed by atoms with Crippen LogP contribution in [-0.4, -0.2) is 67.2 Å². The van der Waals surface area contributed by atoms with Crippen molar-refractivity contribution in [2.45, 2.75) is 31.8 Å². The first-order valence-electron chi connectivity index (χ1n) is 14.1. The molecule has 0 radical (unpaired) electrons. The van der Waals surface area contributed by atoms with Gasteiger partial charge in [0.1, 0.15) is 35.2 Å². The number of H-pyrrole nitrogens is 1. The molecule has 2 aliphatic heterocycles. The van der Waals surface area contributed by atoms with Crippen molar-refractivity contribution in [2.24, 2.45) is 0 Å². The summed E-state index contributed by atoms with van der Waals surface area (Å²) in [4.78, 5) is 27.6. The first-order valence-corrected chi connectivity index (χ1v) is 15.6. The first kappa shape index (κ1) is 29.1. The standard InChI is InChI=1S/C30H28FN5O3.CH4O2S/c31-24-13-19(17-1-2-17)14-26-27(24)30(38)36(11-12-39-26)29-23(16-37)21(6-10-34-29)20-5-9-33-28-22(20)15-25(35-28)18-3-7-32-8-4-18;1-4(2)3/h3,5-6,9-10,13-15,17,32,37H,1-2,4,7-8,11-12,16H2,(H,33,35);1H3,(H,2,3)/p-1. The van der Waals surface area contributed by atoms with E-state index in [4.69, 9.17) is 13.5 Å². The van der Waals surface area contributed by atoms with Crippen molar-refractivity contribution < 1.29 is 27.8 Å². The lowest BCUT2D eigenvalue weighted by Gasteiger charge is -2.23. The SMILES string of the molecule is CS(=O)[O-].O=C1c2c(F)cc(C3CC3)cc2OCCN1c1nccc(-c2ccnc3[nH]c(C4=CCNCC4)cc23)c1CO. The van der Waals surface area contributed by atoms with Crippen molar-refractivity contribution in [1.82, 2.24) is 20.3 Å². The summed E-state index contributed by atoms with van der Waals surface area (Å²) in [5, 5.41) is 14.8. The highest BCUT2D eigenvalue weighted by atomic mass is 32.2. The molecular weight excluding hydrogens is 573 g/mol. The number of carbonyl (C=O) groups is 1. The van der Waals surface area contributed by atoms with Crippen molar-refractivity contribution in [3.8, 4) is 16.9 Å². The van der Waals surface area contributed by atoms with E-state index in [1.807, 2.05) is 12.1 Å². The van der Waals surface area contributed by atoms with E-state index in [1.165, 1.54) is 16.5 Å². The lowest BCUT2D eigenvalue weighted by atomic mass is 9.98. The van der Waals surface area contributed by atoms with Gasteiger partial charge in [-0.1, -0.05) is 17.2 Å². The van der Waals surface area contributed by atoms with Gasteiger partial charge in [0.25, 0.3) is 5.91 Å². The molecule has 0 bridgehead atoms. The van der Waals surface area contributed by atoms with E-state index in [-0.39, 0.29) is 31.1 Å². The molecule has 43 heavy (non-hydrogen) atoms. The minimum Gasteiger partial charge on any atom is -0.773 e. The summed E-state index contributed by atoms with van der Waals surface area (Å²) in [7, 11) is 0. The molecule has 1 atom stereocenters. The number of aromatic nitrogens is 3. The number of hydrogen-bond donors (Lipinski definition) is 3. The van der Waals surface area contributed by atoms with Crippen LogP contribution in [0.4, 0.5) is 10.2 Å². The van der Waals surface area contributed by atoms with Crippen LogP contribution in [0, 0.1) is 5.82 Å². The number of amides is 1. The minimum absolute atomic E-state index is 0.0928. The predicted octanol–water partition coefficient (Wildman–Crippen LogP) is 4.04. The number of nitrogens with one attached hydrogen (secondary N) is 2. The van der Waals surface area contributed by atoms with Gasteiger partial charge in [-0.15, -0.1) is 0 Å². The van der Waals surface area contributed by atoms with Crippen LogP contribution >= 0.6 is 0 Å². The molecule has 3 N–H and O–H groups in total. The van der Waals surface area contributed by atoms with Crippen LogP contribution in [0.5, 0.6) is 5.75 Å². The number of halogens is 1. The second kappa shape index (κ2) is 12.3. The quantitative estimate of drug-likeness (QED) is 0.290. The summed E-state index contributed by atoms with van der Waals surface area (Å²) in [6, 6.07) is 9.06. The molecule has 1 aliphatic carbocycles. The number of anilines is 1. The molecule has 3 aliphatic rings. The van der Waals surface area contributed by atoms with E-state index >= 15 is 4.39 Å². The van der Waals surface area contributed by atoms with E-state index in [9.17, 15) is 9.90 Å². The first-order chi connectivity index (χ1) is 20.9. The maximum absolute atomic E-state index is 15.3. The topological polar surface area (TPSA) is 143 Å². The Hall–Kier alpha value is -3.97. The van der Waals surface area contributed by atoms with E-state index in [1.54, 1.807) is 18.5 Å². The zero-order chi connectivity index (χ0) is 30.1. The van der Waals surface area contributed by atoms with Gasteiger partial charge in [0.05, 0.1) is 13.2 Å². The Morgan fingerprint density at radius 1 is 1.19 bits per heavy atom. The predicted molar refractivity (Wildman–Crippen MR) is 161 cm³/mol. The van der Waals surface area contributed by atoms with Crippen molar-refractivity contribution in [1.29, 1.82) is 0 Å². The Labute approximate surface area is 250 Å². The van der Waals surface area contributed by atoms with Gasteiger partial charge < -0.3 is 24.7 Å². The maximum Gasteiger partial charge on any atom is 0.266 e. The van der Waals surface area contributed by atoms with Gasteiger partial charge in [0.2, 0.25) is 0 Å². The maximum atomic E-state index is 15.3. The van der Waals surface area contributed by atoms with Gasteiger partial charge in [-0.05, 0) is 90.6 Å². The molecule has 5 heterocycles. The van der Waals surface area contributed by atoms with Crippen LogP contribution in [0.25, 0.3) is 27.7 Å². The molecule has 1 aromatic carbocycles. The number of aliphatic hydroxyl groups excluding tert-OH is 1. The Bertz CT molecular complexity index is 1750. The van der Waals surface area contributed by atoms with Crippen LogP contribution in [0.15, 0.2) is 48.8 Å². The molecule has 7 rings (SSSR count). The monoisotopic (exact) mass is 604 g/mol. The number of rotatable bonds is 5. The number of pyridine rings is 2. The van der Waals surface area contributed by atoms with Gasteiger partial charge in [-0.2, -0.15) is 0 Å². The third-order valence-corrected chi connectivity index (χ3v) is 7.84. The number of nitrogens with zero attached hydrogens (tertiary/aromatic N) is 3. The average Bonchev–Trinajstić information content (AvgIpc) is 3.78. The fraction of sp³-hybridized carbons (Fsp3) is 0.323. The van der Waals surface area contributed by atoms with E-state index in [0.717, 1.165) is 72.0 Å². The zero-order valence-corrected chi connectivity index (χ0v) is 24.4. The summed E-state index contributed by atoms with van der Waals surface area (Å²) in [5.74, 6) is -0.211. The number of carbonyl (C=O) groups excluding carboxylic acids is 1. The second-order valence-electron chi connectivity index (χ2n) is 10.7. The van der Waals surface area contributed by atoms with Crippen molar-refractivity contribution in [3.63, 3.8) is 0 Å². The van der Waals surface area contributed by atoms with Crippen molar-refractivity contribution in [3.05, 3.63) is 77.0 Å². The molecule has 1 fully saturated rings. The highest BCUT2D eigenvalue weighted by Gasteiger charge is 2.33. The van der Waals surface area contributed by atoms with Gasteiger partial charge >= 0.3 is 0 Å².